The zero-order valence-corrected chi connectivity index (χ0v) is 13.4. The molecule has 0 saturated carbocycles. The molecule has 112 valence electrons. The number of aromatic nitrogens is 1. The lowest BCUT2D eigenvalue weighted by atomic mass is 10.1. The summed E-state index contributed by atoms with van der Waals surface area (Å²) in [7, 11) is 3.80. The van der Waals surface area contributed by atoms with Gasteiger partial charge in [0.2, 0.25) is 0 Å². The van der Waals surface area contributed by atoms with Gasteiger partial charge in [-0.25, -0.2) is 0 Å². The number of rotatable bonds is 4. The molecule has 1 heterocycles. The molecular weight excluding hydrogens is 284 g/mol. The highest BCUT2D eigenvalue weighted by Crippen LogP contribution is 2.15. The lowest BCUT2D eigenvalue weighted by Crippen LogP contribution is -2.38. The molecule has 0 radical (unpaired) electrons. The van der Waals surface area contributed by atoms with Gasteiger partial charge in [0.25, 0.3) is 0 Å². The summed E-state index contributed by atoms with van der Waals surface area (Å²) in [6, 6.07) is 12.1. The van der Waals surface area contributed by atoms with Gasteiger partial charge in [0.05, 0.1) is 12.6 Å². The van der Waals surface area contributed by atoms with Gasteiger partial charge >= 0.3 is 0 Å². The number of guanidine groups is 1. The van der Waals surface area contributed by atoms with Crippen LogP contribution >= 0.6 is 11.6 Å². The van der Waals surface area contributed by atoms with E-state index in [0.29, 0.717) is 0 Å². The Hall–Kier alpha value is -1.94. The van der Waals surface area contributed by atoms with E-state index in [2.05, 4.69) is 33.2 Å². The van der Waals surface area contributed by atoms with Gasteiger partial charge in [-0.15, -0.1) is 0 Å². The topological polar surface area (TPSA) is 41.4 Å². The van der Waals surface area contributed by atoms with Gasteiger partial charge in [-0.3, -0.25) is 4.99 Å². The van der Waals surface area contributed by atoms with Crippen LogP contribution in [0.1, 0.15) is 24.2 Å². The second kappa shape index (κ2) is 7.18. The van der Waals surface area contributed by atoms with Crippen LogP contribution in [0.2, 0.25) is 5.02 Å². The van der Waals surface area contributed by atoms with Crippen LogP contribution in [0.25, 0.3) is 0 Å². The summed E-state index contributed by atoms with van der Waals surface area (Å²) < 4.78 is 2.09. The Morgan fingerprint density at radius 2 is 2.00 bits per heavy atom. The Morgan fingerprint density at radius 3 is 2.57 bits per heavy atom. The molecule has 1 aromatic carbocycles. The van der Waals surface area contributed by atoms with Crippen molar-refractivity contribution < 1.29 is 0 Å². The molecule has 0 aliphatic heterocycles. The summed E-state index contributed by atoms with van der Waals surface area (Å²) in [5.74, 6) is 0.777. The zero-order valence-electron chi connectivity index (χ0n) is 12.6. The Kier molecular flexibility index (Phi) is 5.28. The summed E-state index contributed by atoms with van der Waals surface area (Å²) in [5.41, 5.74) is 2.37. The Balaban J connectivity index is 1.93. The average molecular weight is 305 g/mol. The second-order valence-electron chi connectivity index (χ2n) is 4.95. The van der Waals surface area contributed by atoms with Crippen molar-refractivity contribution in [1.82, 2.24) is 15.2 Å². The standard InChI is InChI=1S/C16H21ClN4/c1-12(13-6-8-14(17)9-7-13)20-16(18-2)19-11-15-5-4-10-21(15)3/h4-10,12H,11H2,1-3H3,(H2,18,19,20). The van der Waals surface area contributed by atoms with Gasteiger partial charge in [0, 0.05) is 31.0 Å². The Morgan fingerprint density at radius 1 is 1.29 bits per heavy atom. The van der Waals surface area contributed by atoms with Gasteiger partial charge < -0.3 is 15.2 Å². The molecule has 1 aromatic heterocycles. The SMILES string of the molecule is CN=C(NCc1cccn1C)NC(C)c1ccc(Cl)cc1. The van der Waals surface area contributed by atoms with E-state index in [0.717, 1.165) is 17.5 Å². The molecule has 2 rings (SSSR count). The fourth-order valence-electron chi connectivity index (χ4n) is 2.09. The highest BCUT2D eigenvalue weighted by molar-refractivity contribution is 6.30. The minimum absolute atomic E-state index is 0.155. The number of aliphatic imine (C=N–C) groups is 1. The van der Waals surface area contributed by atoms with Crippen LogP contribution in [-0.2, 0) is 13.6 Å². The van der Waals surface area contributed by atoms with Gasteiger partial charge in [-0.05, 0) is 36.8 Å². The molecule has 0 aliphatic carbocycles. The van der Waals surface area contributed by atoms with Crippen molar-refractivity contribution in [2.75, 3.05) is 7.05 Å². The van der Waals surface area contributed by atoms with Crippen molar-refractivity contribution in [1.29, 1.82) is 0 Å². The molecule has 0 amide bonds. The number of halogens is 1. The number of nitrogens with one attached hydrogen (secondary N) is 2. The number of hydrogen-bond donors (Lipinski definition) is 2. The van der Waals surface area contributed by atoms with Gasteiger partial charge in [0.15, 0.2) is 5.96 Å². The third-order valence-electron chi connectivity index (χ3n) is 3.44. The van der Waals surface area contributed by atoms with Gasteiger partial charge in [0.1, 0.15) is 0 Å². The van der Waals surface area contributed by atoms with E-state index >= 15 is 0 Å². The molecule has 5 heteroatoms. The van der Waals surface area contributed by atoms with E-state index in [4.69, 9.17) is 11.6 Å². The molecule has 0 fully saturated rings. The maximum atomic E-state index is 5.91. The number of aryl methyl sites for hydroxylation is 1. The summed E-state index contributed by atoms with van der Waals surface area (Å²) in [4.78, 5) is 4.26. The van der Waals surface area contributed by atoms with Crippen LogP contribution in [0.15, 0.2) is 47.6 Å². The predicted molar refractivity (Wildman–Crippen MR) is 88.6 cm³/mol. The van der Waals surface area contributed by atoms with Crippen LogP contribution in [0, 0.1) is 0 Å². The van der Waals surface area contributed by atoms with Crippen molar-refractivity contribution in [3.05, 3.63) is 58.9 Å². The third-order valence-corrected chi connectivity index (χ3v) is 3.69. The molecule has 0 spiro atoms. The molecule has 1 unspecified atom stereocenters. The highest BCUT2D eigenvalue weighted by Gasteiger charge is 2.08. The van der Waals surface area contributed by atoms with Gasteiger partial charge in [-0.2, -0.15) is 0 Å². The first-order valence-corrected chi connectivity index (χ1v) is 7.31. The second-order valence-corrected chi connectivity index (χ2v) is 5.39. The summed E-state index contributed by atoms with van der Waals surface area (Å²) in [6.07, 6.45) is 2.03. The molecule has 1 atom stereocenters. The van der Waals surface area contributed by atoms with Crippen LogP contribution in [-0.4, -0.2) is 17.6 Å². The Bertz CT molecular complexity index is 601. The van der Waals surface area contributed by atoms with Crippen molar-refractivity contribution >= 4 is 17.6 Å². The van der Waals surface area contributed by atoms with Crippen molar-refractivity contribution in [2.45, 2.75) is 19.5 Å². The first-order chi connectivity index (χ1) is 10.1. The van der Waals surface area contributed by atoms with E-state index in [-0.39, 0.29) is 6.04 Å². The summed E-state index contributed by atoms with van der Waals surface area (Å²) in [6.45, 7) is 2.83. The lowest BCUT2D eigenvalue weighted by Gasteiger charge is -2.18. The van der Waals surface area contributed by atoms with Crippen LogP contribution in [0.4, 0.5) is 0 Å². The molecule has 0 saturated heterocycles. The van der Waals surface area contributed by atoms with E-state index in [9.17, 15) is 0 Å². The molecule has 0 bridgehead atoms. The van der Waals surface area contributed by atoms with E-state index in [1.54, 1.807) is 7.05 Å². The monoisotopic (exact) mass is 304 g/mol. The molecule has 2 aromatic rings. The van der Waals surface area contributed by atoms with Crippen LogP contribution in [0.3, 0.4) is 0 Å². The van der Waals surface area contributed by atoms with Crippen molar-refractivity contribution in [2.24, 2.45) is 12.0 Å². The van der Waals surface area contributed by atoms with E-state index < -0.39 is 0 Å². The molecule has 4 nitrogen and oxygen atoms in total. The third kappa shape index (κ3) is 4.26. The van der Waals surface area contributed by atoms with Crippen LogP contribution < -0.4 is 10.6 Å². The van der Waals surface area contributed by atoms with Crippen LogP contribution in [0.5, 0.6) is 0 Å². The molecule has 21 heavy (non-hydrogen) atoms. The molecule has 0 aliphatic rings. The summed E-state index contributed by atoms with van der Waals surface area (Å²) >= 11 is 5.91. The van der Waals surface area contributed by atoms with Crippen molar-refractivity contribution in [3.63, 3.8) is 0 Å². The fraction of sp³-hybridized carbons (Fsp3) is 0.312. The quantitative estimate of drug-likeness (QED) is 0.673. The molecule has 2 N–H and O–H groups in total. The van der Waals surface area contributed by atoms with Gasteiger partial charge in [-0.1, -0.05) is 23.7 Å². The lowest BCUT2D eigenvalue weighted by molar-refractivity contribution is 0.676. The number of hydrogen-bond acceptors (Lipinski definition) is 1. The largest absolute Gasteiger partial charge is 0.353 e. The minimum atomic E-state index is 0.155. The van der Waals surface area contributed by atoms with Crippen molar-refractivity contribution in [3.8, 4) is 0 Å². The summed E-state index contributed by atoms with van der Waals surface area (Å²) in [5, 5.41) is 7.43. The maximum Gasteiger partial charge on any atom is 0.191 e. The maximum absolute atomic E-state index is 5.91. The smallest absolute Gasteiger partial charge is 0.191 e. The number of benzene rings is 1. The minimum Gasteiger partial charge on any atom is -0.353 e. The average Bonchev–Trinajstić information content (AvgIpc) is 2.89. The highest BCUT2D eigenvalue weighted by atomic mass is 35.5. The zero-order chi connectivity index (χ0) is 15.2. The van der Waals surface area contributed by atoms with E-state index in [1.165, 1.54) is 11.3 Å². The first-order valence-electron chi connectivity index (χ1n) is 6.93. The number of nitrogens with zero attached hydrogens (tertiary/aromatic N) is 2. The Labute approximate surface area is 130 Å². The normalized spacial score (nSPS) is 13.0. The predicted octanol–water partition coefficient (Wildman–Crippen LogP) is 3.10. The molecular formula is C16H21ClN4. The fourth-order valence-corrected chi connectivity index (χ4v) is 2.21. The van der Waals surface area contributed by atoms with E-state index in [1.807, 2.05) is 43.6 Å². The first kappa shape index (κ1) is 15.4.